The summed E-state index contributed by atoms with van der Waals surface area (Å²) in [5.41, 5.74) is 0.824. The number of halogens is 1. The minimum atomic E-state index is -0.281. The highest BCUT2D eigenvalue weighted by Gasteiger charge is 2.31. The van der Waals surface area contributed by atoms with Crippen molar-refractivity contribution in [2.45, 2.75) is 25.8 Å². The van der Waals surface area contributed by atoms with E-state index in [4.69, 9.17) is 16.1 Å². The third kappa shape index (κ3) is 2.82. The van der Waals surface area contributed by atoms with Crippen molar-refractivity contribution in [1.82, 2.24) is 15.5 Å². The number of benzene rings is 1. The van der Waals surface area contributed by atoms with Gasteiger partial charge < -0.3 is 9.84 Å². The molecule has 1 saturated carbocycles. The summed E-state index contributed by atoms with van der Waals surface area (Å²) in [5, 5.41) is 7.46. The van der Waals surface area contributed by atoms with E-state index in [1.165, 1.54) is 0 Å². The first-order valence-electron chi connectivity index (χ1n) is 6.53. The highest BCUT2D eigenvalue weighted by atomic mass is 35.5. The molecule has 1 aromatic carbocycles. The molecule has 2 aromatic rings. The van der Waals surface area contributed by atoms with E-state index < -0.39 is 0 Å². The number of carbonyl (C=O) groups excluding carboxylic acids is 1. The number of nitrogens with zero attached hydrogens (tertiary/aromatic N) is 2. The van der Waals surface area contributed by atoms with Crippen LogP contribution >= 0.6 is 11.6 Å². The van der Waals surface area contributed by atoms with E-state index in [0.717, 1.165) is 18.4 Å². The van der Waals surface area contributed by atoms with Gasteiger partial charge in [0.1, 0.15) is 6.04 Å². The number of carbonyl (C=O) groups is 1. The summed E-state index contributed by atoms with van der Waals surface area (Å²) in [7, 11) is 0. The van der Waals surface area contributed by atoms with Crippen LogP contribution in [0, 0.1) is 5.92 Å². The zero-order valence-electron chi connectivity index (χ0n) is 11.0. The Morgan fingerprint density at radius 1 is 1.40 bits per heavy atom. The van der Waals surface area contributed by atoms with Gasteiger partial charge in [0.15, 0.2) is 0 Å². The fourth-order valence-electron chi connectivity index (χ4n) is 1.87. The van der Waals surface area contributed by atoms with E-state index in [0.29, 0.717) is 16.7 Å². The zero-order chi connectivity index (χ0) is 14.1. The van der Waals surface area contributed by atoms with Crippen molar-refractivity contribution in [3.8, 4) is 11.4 Å². The Morgan fingerprint density at radius 2 is 2.10 bits per heavy atom. The van der Waals surface area contributed by atoms with Crippen LogP contribution in [0.1, 0.15) is 31.7 Å². The van der Waals surface area contributed by atoms with E-state index in [-0.39, 0.29) is 17.9 Å². The number of amides is 1. The van der Waals surface area contributed by atoms with Crippen molar-refractivity contribution >= 4 is 17.5 Å². The summed E-state index contributed by atoms with van der Waals surface area (Å²) >= 11 is 5.84. The van der Waals surface area contributed by atoms with Gasteiger partial charge in [-0.25, -0.2) is 0 Å². The molecule has 0 saturated heterocycles. The summed E-state index contributed by atoms with van der Waals surface area (Å²) < 4.78 is 5.20. The number of nitrogens with one attached hydrogen (secondary N) is 1. The molecular formula is C14H14ClN3O2. The average Bonchev–Trinajstić information content (AvgIpc) is 3.17. The van der Waals surface area contributed by atoms with Crippen LogP contribution in [-0.4, -0.2) is 16.0 Å². The first-order valence-corrected chi connectivity index (χ1v) is 6.91. The predicted octanol–water partition coefficient (Wildman–Crippen LogP) is 2.98. The molecule has 1 amide bonds. The van der Waals surface area contributed by atoms with Crippen LogP contribution < -0.4 is 5.32 Å². The van der Waals surface area contributed by atoms with Crippen molar-refractivity contribution in [1.29, 1.82) is 0 Å². The molecule has 0 radical (unpaired) electrons. The molecule has 1 heterocycles. The second-order valence-electron chi connectivity index (χ2n) is 4.97. The van der Waals surface area contributed by atoms with Gasteiger partial charge >= 0.3 is 0 Å². The lowest BCUT2D eigenvalue weighted by molar-refractivity contribution is -0.123. The Morgan fingerprint density at radius 3 is 2.75 bits per heavy atom. The van der Waals surface area contributed by atoms with E-state index in [1.54, 1.807) is 12.1 Å². The lowest BCUT2D eigenvalue weighted by atomic mass is 10.2. The van der Waals surface area contributed by atoms with Gasteiger partial charge in [0.05, 0.1) is 0 Å². The highest BCUT2D eigenvalue weighted by Crippen LogP contribution is 2.29. The van der Waals surface area contributed by atoms with Crippen LogP contribution in [0.4, 0.5) is 0 Å². The van der Waals surface area contributed by atoms with E-state index in [9.17, 15) is 4.79 Å². The second-order valence-corrected chi connectivity index (χ2v) is 5.40. The number of hydrogen-bond donors (Lipinski definition) is 1. The molecule has 1 fully saturated rings. The maximum atomic E-state index is 11.7. The van der Waals surface area contributed by atoms with Crippen LogP contribution in [0.5, 0.6) is 0 Å². The largest absolute Gasteiger partial charge is 0.344 e. The van der Waals surface area contributed by atoms with Crippen molar-refractivity contribution in [2.75, 3.05) is 0 Å². The molecule has 20 heavy (non-hydrogen) atoms. The Balaban J connectivity index is 1.72. The van der Waals surface area contributed by atoms with Crippen molar-refractivity contribution < 1.29 is 9.32 Å². The SMILES string of the molecule is C[C@H](NC(=O)C1CC1)c1nc(-c2ccc(Cl)cc2)no1. The smallest absolute Gasteiger partial charge is 0.249 e. The molecule has 3 rings (SSSR count). The molecule has 0 bridgehead atoms. The first-order chi connectivity index (χ1) is 9.63. The molecule has 1 aliphatic rings. The number of aromatic nitrogens is 2. The number of rotatable bonds is 4. The van der Waals surface area contributed by atoms with Crippen molar-refractivity contribution in [3.63, 3.8) is 0 Å². The van der Waals surface area contributed by atoms with Crippen molar-refractivity contribution in [2.24, 2.45) is 5.92 Å². The quantitative estimate of drug-likeness (QED) is 0.940. The van der Waals surface area contributed by atoms with E-state index in [2.05, 4.69) is 15.5 Å². The van der Waals surface area contributed by atoms with Gasteiger partial charge in [-0.05, 0) is 44.0 Å². The number of hydrogen-bond acceptors (Lipinski definition) is 4. The molecule has 1 N–H and O–H groups in total. The van der Waals surface area contributed by atoms with Gasteiger partial charge in [0.2, 0.25) is 17.6 Å². The zero-order valence-corrected chi connectivity index (χ0v) is 11.7. The third-order valence-electron chi connectivity index (χ3n) is 3.22. The molecular weight excluding hydrogens is 278 g/mol. The Bertz CT molecular complexity index is 620. The molecule has 0 unspecified atom stereocenters. The van der Waals surface area contributed by atoms with E-state index >= 15 is 0 Å². The molecule has 6 heteroatoms. The molecule has 5 nitrogen and oxygen atoms in total. The topological polar surface area (TPSA) is 68.0 Å². The Hall–Kier alpha value is -1.88. The van der Waals surface area contributed by atoms with Crippen LogP contribution in [0.2, 0.25) is 5.02 Å². The fourth-order valence-corrected chi connectivity index (χ4v) is 1.99. The Kier molecular flexibility index (Phi) is 3.44. The molecule has 1 aliphatic carbocycles. The fraction of sp³-hybridized carbons (Fsp3) is 0.357. The molecule has 0 spiro atoms. The van der Waals surface area contributed by atoms with Crippen LogP contribution in [0.25, 0.3) is 11.4 Å². The minimum absolute atomic E-state index is 0.0590. The third-order valence-corrected chi connectivity index (χ3v) is 3.47. The highest BCUT2D eigenvalue weighted by molar-refractivity contribution is 6.30. The van der Waals surface area contributed by atoms with Crippen LogP contribution in [0.3, 0.4) is 0 Å². The maximum Gasteiger partial charge on any atom is 0.249 e. The normalized spacial score (nSPS) is 15.9. The maximum absolute atomic E-state index is 11.7. The molecule has 1 atom stereocenters. The van der Waals surface area contributed by atoms with Crippen LogP contribution in [0.15, 0.2) is 28.8 Å². The standard InChI is InChI=1S/C14H14ClN3O2/c1-8(16-13(19)10-2-3-10)14-17-12(18-20-14)9-4-6-11(15)7-5-9/h4-8,10H,2-3H2,1H3,(H,16,19)/t8-/m0/s1. The van der Waals surface area contributed by atoms with Gasteiger partial charge in [-0.15, -0.1) is 0 Å². The van der Waals surface area contributed by atoms with E-state index in [1.807, 2.05) is 19.1 Å². The summed E-state index contributed by atoms with van der Waals surface area (Å²) in [6.45, 7) is 1.83. The van der Waals surface area contributed by atoms with Gasteiger partial charge in [-0.3, -0.25) is 4.79 Å². The summed E-state index contributed by atoms with van der Waals surface area (Å²) in [6.07, 6.45) is 1.94. The van der Waals surface area contributed by atoms with Gasteiger partial charge in [-0.1, -0.05) is 16.8 Å². The second kappa shape index (κ2) is 5.25. The molecule has 104 valence electrons. The Labute approximate surface area is 121 Å². The summed E-state index contributed by atoms with van der Waals surface area (Å²) in [6, 6.07) is 6.90. The molecule has 1 aromatic heterocycles. The van der Waals surface area contributed by atoms with Gasteiger partial charge in [-0.2, -0.15) is 4.98 Å². The lowest BCUT2D eigenvalue weighted by Crippen LogP contribution is -2.28. The summed E-state index contributed by atoms with van der Waals surface area (Å²) in [4.78, 5) is 16.0. The lowest BCUT2D eigenvalue weighted by Gasteiger charge is -2.08. The van der Waals surface area contributed by atoms with Crippen molar-refractivity contribution in [3.05, 3.63) is 35.2 Å². The molecule has 0 aliphatic heterocycles. The van der Waals surface area contributed by atoms with Gasteiger partial charge in [0.25, 0.3) is 0 Å². The van der Waals surface area contributed by atoms with Crippen LogP contribution in [-0.2, 0) is 4.79 Å². The minimum Gasteiger partial charge on any atom is -0.344 e. The first kappa shape index (κ1) is 13.1. The summed E-state index contributed by atoms with van der Waals surface area (Å²) in [5.74, 6) is 1.12. The van der Waals surface area contributed by atoms with Gasteiger partial charge in [0, 0.05) is 16.5 Å². The average molecular weight is 292 g/mol. The predicted molar refractivity (Wildman–Crippen MR) is 74.0 cm³/mol. The monoisotopic (exact) mass is 291 g/mol.